The number of ether oxygens (including phenoxy) is 1. The van der Waals surface area contributed by atoms with Gasteiger partial charge in [0.25, 0.3) is 0 Å². The van der Waals surface area contributed by atoms with Crippen molar-refractivity contribution in [1.29, 1.82) is 0 Å². The minimum Gasteiger partial charge on any atom is -0.373 e. The van der Waals surface area contributed by atoms with Crippen LogP contribution in [-0.2, 0) is 4.74 Å². The second kappa shape index (κ2) is 6.75. The van der Waals surface area contributed by atoms with Crippen molar-refractivity contribution in [2.75, 3.05) is 6.54 Å². The Morgan fingerprint density at radius 1 is 1.12 bits per heavy atom. The maximum Gasteiger partial charge on any atom is 0.0734 e. The quantitative estimate of drug-likeness (QED) is 0.766. The molecule has 3 atom stereocenters. The van der Waals surface area contributed by atoms with Crippen LogP contribution in [0.2, 0.25) is 0 Å². The molecule has 0 radical (unpaired) electrons. The highest BCUT2D eigenvalue weighted by Gasteiger charge is 2.33. The maximum absolute atomic E-state index is 6.31. The molecule has 0 spiro atoms. The molecule has 2 saturated carbocycles. The summed E-state index contributed by atoms with van der Waals surface area (Å²) in [5, 5.41) is 3.69. The Kier molecular flexibility index (Phi) is 5.30. The first kappa shape index (κ1) is 13.4. The van der Waals surface area contributed by atoms with Gasteiger partial charge in [-0.05, 0) is 57.4 Å². The molecule has 2 heteroatoms. The van der Waals surface area contributed by atoms with Crippen LogP contribution in [0.25, 0.3) is 0 Å². The molecule has 2 aliphatic carbocycles. The molecule has 17 heavy (non-hydrogen) atoms. The van der Waals surface area contributed by atoms with Gasteiger partial charge in [0.1, 0.15) is 0 Å². The van der Waals surface area contributed by atoms with E-state index in [2.05, 4.69) is 19.2 Å². The van der Waals surface area contributed by atoms with Gasteiger partial charge in [0.15, 0.2) is 0 Å². The lowest BCUT2D eigenvalue weighted by Gasteiger charge is -2.40. The molecule has 1 N–H and O–H groups in total. The van der Waals surface area contributed by atoms with Gasteiger partial charge in [0.05, 0.1) is 12.2 Å². The van der Waals surface area contributed by atoms with Gasteiger partial charge in [-0.25, -0.2) is 0 Å². The summed E-state index contributed by atoms with van der Waals surface area (Å²) in [6.45, 7) is 5.71. The molecule has 0 aromatic carbocycles. The molecule has 100 valence electrons. The van der Waals surface area contributed by atoms with E-state index < -0.39 is 0 Å². The van der Waals surface area contributed by atoms with Gasteiger partial charge in [-0.2, -0.15) is 0 Å². The van der Waals surface area contributed by atoms with E-state index in [-0.39, 0.29) is 0 Å². The fourth-order valence-corrected chi connectivity index (χ4v) is 3.05. The van der Waals surface area contributed by atoms with Crippen molar-refractivity contribution >= 4 is 0 Å². The summed E-state index contributed by atoms with van der Waals surface area (Å²) in [6, 6.07) is 0.623. The Morgan fingerprint density at radius 2 is 1.94 bits per heavy atom. The molecule has 0 bridgehead atoms. The third-order valence-corrected chi connectivity index (χ3v) is 4.55. The van der Waals surface area contributed by atoms with Crippen molar-refractivity contribution in [1.82, 2.24) is 5.32 Å². The monoisotopic (exact) mass is 239 g/mol. The zero-order chi connectivity index (χ0) is 12.1. The van der Waals surface area contributed by atoms with Gasteiger partial charge >= 0.3 is 0 Å². The third-order valence-electron chi connectivity index (χ3n) is 4.55. The van der Waals surface area contributed by atoms with E-state index >= 15 is 0 Å². The van der Waals surface area contributed by atoms with E-state index in [0.29, 0.717) is 18.2 Å². The zero-order valence-electron chi connectivity index (χ0n) is 11.6. The highest BCUT2D eigenvalue weighted by molar-refractivity contribution is 4.87. The normalized spacial score (nSPS) is 34.6. The van der Waals surface area contributed by atoms with Crippen LogP contribution in [0.4, 0.5) is 0 Å². The third kappa shape index (κ3) is 3.69. The summed E-state index contributed by atoms with van der Waals surface area (Å²) in [5.74, 6) is 0.903. The van der Waals surface area contributed by atoms with Crippen molar-refractivity contribution in [3.05, 3.63) is 0 Å². The first-order valence-corrected chi connectivity index (χ1v) is 7.72. The zero-order valence-corrected chi connectivity index (χ0v) is 11.6. The van der Waals surface area contributed by atoms with Crippen molar-refractivity contribution < 1.29 is 4.74 Å². The molecule has 3 unspecified atom stereocenters. The van der Waals surface area contributed by atoms with Gasteiger partial charge in [-0.3, -0.25) is 0 Å². The van der Waals surface area contributed by atoms with Crippen LogP contribution in [0.3, 0.4) is 0 Å². The van der Waals surface area contributed by atoms with E-state index in [4.69, 9.17) is 4.74 Å². The minimum atomic E-state index is 0.491. The number of hydrogen-bond acceptors (Lipinski definition) is 2. The van der Waals surface area contributed by atoms with Crippen molar-refractivity contribution in [3.63, 3.8) is 0 Å². The summed E-state index contributed by atoms with van der Waals surface area (Å²) in [4.78, 5) is 0. The fourth-order valence-electron chi connectivity index (χ4n) is 3.05. The number of rotatable bonds is 6. The first-order chi connectivity index (χ1) is 8.33. The summed E-state index contributed by atoms with van der Waals surface area (Å²) < 4.78 is 6.31. The summed E-state index contributed by atoms with van der Waals surface area (Å²) in [6.07, 6.45) is 11.6. The van der Waals surface area contributed by atoms with Gasteiger partial charge < -0.3 is 10.1 Å². The van der Waals surface area contributed by atoms with Crippen LogP contribution in [0.5, 0.6) is 0 Å². The summed E-state index contributed by atoms with van der Waals surface area (Å²) in [7, 11) is 0. The maximum atomic E-state index is 6.31. The molecule has 2 fully saturated rings. The molecule has 2 nitrogen and oxygen atoms in total. The lowest BCUT2D eigenvalue weighted by molar-refractivity contribution is -0.0865. The van der Waals surface area contributed by atoms with Gasteiger partial charge in [-0.1, -0.05) is 20.3 Å². The van der Waals surface area contributed by atoms with Gasteiger partial charge in [0.2, 0.25) is 0 Å². The average molecular weight is 239 g/mol. The van der Waals surface area contributed by atoms with Gasteiger partial charge in [-0.15, -0.1) is 0 Å². The largest absolute Gasteiger partial charge is 0.373 e. The molecular formula is C15H29NO. The minimum absolute atomic E-state index is 0.491. The second-order valence-corrected chi connectivity index (χ2v) is 5.88. The summed E-state index contributed by atoms with van der Waals surface area (Å²) in [5.41, 5.74) is 0. The summed E-state index contributed by atoms with van der Waals surface area (Å²) >= 11 is 0. The SMILES string of the molecule is CCCNC1CCC(CC)CC1OC1CCC1. The smallest absolute Gasteiger partial charge is 0.0734 e. The average Bonchev–Trinajstić information content (AvgIpc) is 2.31. The van der Waals surface area contributed by atoms with Crippen LogP contribution in [0.1, 0.15) is 65.2 Å². The molecule has 0 amide bonds. The Balaban J connectivity index is 1.83. The van der Waals surface area contributed by atoms with E-state index in [0.717, 1.165) is 12.5 Å². The lowest BCUT2D eigenvalue weighted by Crippen LogP contribution is -2.48. The molecule has 0 aromatic heterocycles. The highest BCUT2D eigenvalue weighted by atomic mass is 16.5. The van der Waals surface area contributed by atoms with Crippen molar-refractivity contribution in [2.24, 2.45) is 5.92 Å². The van der Waals surface area contributed by atoms with Crippen molar-refractivity contribution in [3.8, 4) is 0 Å². The predicted molar refractivity (Wildman–Crippen MR) is 72.2 cm³/mol. The molecule has 2 aliphatic rings. The van der Waals surface area contributed by atoms with Crippen molar-refractivity contribution in [2.45, 2.75) is 83.5 Å². The molecule has 0 aromatic rings. The van der Waals surface area contributed by atoms with Crippen LogP contribution >= 0.6 is 0 Å². The topological polar surface area (TPSA) is 21.3 Å². The highest BCUT2D eigenvalue weighted by Crippen LogP contribution is 2.33. The first-order valence-electron chi connectivity index (χ1n) is 7.72. The second-order valence-electron chi connectivity index (χ2n) is 5.88. The Hall–Kier alpha value is -0.0800. The number of nitrogens with one attached hydrogen (secondary N) is 1. The lowest BCUT2D eigenvalue weighted by atomic mass is 9.82. The Morgan fingerprint density at radius 3 is 2.53 bits per heavy atom. The number of hydrogen-bond donors (Lipinski definition) is 1. The van der Waals surface area contributed by atoms with Crippen LogP contribution in [-0.4, -0.2) is 24.8 Å². The molecular weight excluding hydrogens is 210 g/mol. The standard InChI is InChI=1S/C15H29NO/c1-3-10-16-14-9-8-12(4-2)11-15(14)17-13-6-5-7-13/h12-16H,3-11H2,1-2H3. The van der Waals surface area contributed by atoms with E-state index in [1.807, 2.05) is 0 Å². The molecule has 0 saturated heterocycles. The Bertz CT molecular complexity index is 213. The van der Waals surface area contributed by atoms with Crippen LogP contribution in [0, 0.1) is 5.92 Å². The van der Waals surface area contributed by atoms with E-state index in [9.17, 15) is 0 Å². The molecule has 2 rings (SSSR count). The Labute approximate surface area is 107 Å². The van der Waals surface area contributed by atoms with Crippen LogP contribution in [0.15, 0.2) is 0 Å². The fraction of sp³-hybridized carbons (Fsp3) is 1.00. The molecule has 0 heterocycles. The van der Waals surface area contributed by atoms with E-state index in [1.54, 1.807) is 0 Å². The van der Waals surface area contributed by atoms with Crippen LogP contribution < -0.4 is 5.32 Å². The van der Waals surface area contributed by atoms with E-state index in [1.165, 1.54) is 51.4 Å². The predicted octanol–water partition coefficient (Wildman–Crippen LogP) is 3.50. The van der Waals surface area contributed by atoms with Gasteiger partial charge in [0, 0.05) is 6.04 Å². The molecule has 0 aliphatic heterocycles.